The lowest BCUT2D eigenvalue weighted by molar-refractivity contribution is 0.0996. The minimum Gasteiger partial charge on any atom is -0.494 e. The summed E-state index contributed by atoms with van der Waals surface area (Å²) in [5.74, 6) is 0.669. The number of fused-ring (bicyclic) bond motifs is 1. The van der Waals surface area contributed by atoms with E-state index in [1.54, 1.807) is 18.3 Å². The minimum absolute atomic E-state index is 0.0123. The van der Waals surface area contributed by atoms with Crippen LogP contribution in [0.1, 0.15) is 27.2 Å². The van der Waals surface area contributed by atoms with Gasteiger partial charge in [-0.15, -0.1) is 0 Å². The van der Waals surface area contributed by atoms with Crippen LogP contribution in [-0.4, -0.2) is 22.6 Å². The van der Waals surface area contributed by atoms with E-state index in [2.05, 4.69) is 11.1 Å². The van der Waals surface area contributed by atoms with Gasteiger partial charge in [0.2, 0.25) is 0 Å². The number of nitrogens with zero attached hydrogens (tertiary/aromatic N) is 3. The Hall–Kier alpha value is -3.57. The number of rotatable bonds is 4. The predicted molar refractivity (Wildman–Crippen MR) is 127 cm³/mol. The molecule has 32 heavy (non-hydrogen) atoms. The molecule has 0 bridgehead atoms. The molecule has 2 heterocycles. The normalized spacial score (nSPS) is 12.9. The van der Waals surface area contributed by atoms with E-state index in [-0.39, 0.29) is 5.91 Å². The molecular weight excluding hydrogens is 422 g/mol. The van der Waals surface area contributed by atoms with Crippen molar-refractivity contribution in [2.24, 2.45) is 0 Å². The van der Waals surface area contributed by atoms with Crippen LogP contribution < -0.4 is 9.64 Å². The summed E-state index contributed by atoms with van der Waals surface area (Å²) in [6, 6.07) is 17.7. The monoisotopic (exact) mass is 443 g/mol. The zero-order valence-electron chi connectivity index (χ0n) is 18.1. The Morgan fingerprint density at radius 3 is 2.56 bits per heavy atom. The Morgan fingerprint density at radius 1 is 1.00 bits per heavy atom. The first-order valence-electron chi connectivity index (χ1n) is 10.3. The number of hydrogen-bond donors (Lipinski definition) is 0. The van der Waals surface area contributed by atoms with Crippen molar-refractivity contribution in [2.75, 3.05) is 12.0 Å². The van der Waals surface area contributed by atoms with Crippen molar-refractivity contribution in [3.63, 3.8) is 0 Å². The number of benzene rings is 3. The summed E-state index contributed by atoms with van der Waals surface area (Å²) in [6.07, 6.45) is 3.69. The summed E-state index contributed by atoms with van der Waals surface area (Å²) in [5, 5.41) is 0.706. The minimum atomic E-state index is -0.0123. The number of imidazole rings is 1. The summed E-state index contributed by atoms with van der Waals surface area (Å²) in [6.45, 7) is 4.50. The SMILES string of the molecule is COc1cc(N2Cc3ccc(-c4ccc(Cl)cc4C)cc3C2=O)ccc1-n1cnc(C)c1. The molecule has 0 radical (unpaired) electrons. The number of carbonyl (C=O) groups is 1. The van der Waals surface area contributed by atoms with Crippen molar-refractivity contribution in [2.45, 2.75) is 20.4 Å². The Labute approximate surface area is 191 Å². The summed E-state index contributed by atoms with van der Waals surface area (Å²) >= 11 is 6.11. The molecule has 3 aromatic carbocycles. The van der Waals surface area contributed by atoms with E-state index in [1.165, 1.54) is 0 Å². The van der Waals surface area contributed by atoms with E-state index >= 15 is 0 Å². The molecule has 0 aliphatic carbocycles. The number of aryl methyl sites for hydroxylation is 2. The largest absolute Gasteiger partial charge is 0.494 e. The summed E-state index contributed by atoms with van der Waals surface area (Å²) in [5.41, 5.74) is 7.50. The molecule has 6 heteroatoms. The van der Waals surface area contributed by atoms with Gasteiger partial charge < -0.3 is 14.2 Å². The topological polar surface area (TPSA) is 47.4 Å². The highest BCUT2D eigenvalue weighted by Crippen LogP contribution is 2.36. The average Bonchev–Trinajstić information content (AvgIpc) is 3.36. The van der Waals surface area contributed by atoms with E-state index in [0.29, 0.717) is 17.3 Å². The van der Waals surface area contributed by atoms with Gasteiger partial charge >= 0.3 is 0 Å². The zero-order valence-corrected chi connectivity index (χ0v) is 18.8. The molecule has 0 unspecified atom stereocenters. The third kappa shape index (κ3) is 3.45. The smallest absolute Gasteiger partial charge is 0.258 e. The second-order valence-corrected chi connectivity index (χ2v) is 8.44. The molecule has 1 aliphatic heterocycles. The lowest BCUT2D eigenvalue weighted by atomic mass is 9.97. The van der Waals surface area contributed by atoms with Crippen molar-refractivity contribution in [3.05, 3.63) is 94.5 Å². The highest BCUT2D eigenvalue weighted by molar-refractivity contribution is 6.30. The van der Waals surface area contributed by atoms with Crippen molar-refractivity contribution < 1.29 is 9.53 Å². The number of aromatic nitrogens is 2. The maximum absolute atomic E-state index is 13.3. The number of halogens is 1. The standard InChI is InChI=1S/C26H22ClN3O2/c1-16-10-20(27)6-8-22(16)18-4-5-19-14-30(26(31)23(19)11-18)21-7-9-24(25(12-21)32-3)29-13-17(2)28-15-29/h4-13,15H,14H2,1-3H3. The van der Waals surface area contributed by atoms with Crippen molar-refractivity contribution in [1.29, 1.82) is 0 Å². The number of methoxy groups -OCH3 is 1. The van der Waals surface area contributed by atoms with Gasteiger partial charge in [0.05, 0.1) is 31.4 Å². The molecule has 1 aliphatic rings. The molecule has 1 amide bonds. The van der Waals surface area contributed by atoms with Gasteiger partial charge in [0.15, 0.2) is 0 Å². The molecule has 0 fully saturated rings. The molecule has 4 aromatic rings. The van der Waals surface area contributed by atoms with Crippen LogP contribution in [0, 0.1) is 13.8 Å². The van der Waals surface area contributed by atoms with Gasteiger partial charge in [-0.05, 0) is 66.4 Å². The molecule has 1 aromatic heterocycles. The van der Waals surface area contributed by atoms with Gasteiger partial charge in [-0.3, -0.25) is 4.79 Å². The molecular formula is C26H22ClN3O2. The molecule has 0 N–H and O–H groups in total. The van der Waals surface area contributed by atoms with Crippen LogP contribution in [0.25, 0.3) is 16.8 Å². The molecule has 0 spiro atoms. The lowest BCUT2D eigenvalue weighted by Gasteiger charge is -2.18. The van der Waals surface area contributed by atoms with Crippen LogP contribution in [0.15, 0.2) is 67.1 Å². The second kappa shape index (κ2) is 7.84. The third-order valence-electron chi connectivity index (χ3n) is 5.88. The van der Waals surface area contributed by atoms with Crippen LogP contribution in [0.2, 0.25) is 5.02 Å². The molecule has 160 valence electrons. The first-order valence-corrected chi connectivity index (χ1v) is 10.7. The summed E-state index contributed by atoms with van der Waals surface area (Å²) in [4.78, 5) is 19.4. The van der Waals surface area contributed by atoms with Crippen LogP contribution in [0.4, 0.5) is 5.69 Å². The Morgan fingerprint density at radius 2 is 1.84 bits per heavy atom. The maximum Gasteiger partial charge on any atom is 0.258 e. The molecule has 0 saturated carbocycles. The Bertz CT molecular complexity index is 1360. The van der Waals surface area contributed by atoms with Crippen LogP contribution in [0.5, 0.6) is 5.75 Å². The molecule has 5 rings (SSSR count). The Kier molecular flexibility index (Phi) is 4.98. The zero-order chi connectivity index (χ0) is 22.4. The fourth-order valence-electron chi connectivity index (χ4n) is 4.23. The van der Waals surface area contributed by atoms with E-state index in [0.717, 1.165) is 44.9 Å². The fourth-order valence-corrected chi connectivity index (χ4v) is 4.46. The molecule has 0 atom stereocenters. The van der Waals surface area contributed by atoms with Crippen LogP contribution >= 0.6 is 11.6 Å². The highest BCUT2D eigenvalue weighted by atomic mass is 35.5. The van der Waals surface area contributed by atoms with E-state index < -0.39 is 0 Å². The van der Waals surface area contributed by atoms with E-state index in [1.807, 2.05) is 73.1 Å². The van der Waals surface area contributed by atoms with Gasteiger partial charge in [0, 0.05) is 28.5 Å². The number of carbonyl (C=O) groups excluding carboxylic acids is 1. The fraction of sp³-hybridized carbons (Fsp3) is 0.154. The van der Waals surface area contributed by atoms with Gasteiger partial charge in [-0.2, -0.15) is 0 Å². The van der Waals surface area contributed by atoms with E-state index in [4.69, 9.17) is 16.3 Å². The maximum atomic E-state index is 13.3. The van der Waals surface area contributed by atoms with Crippen molar-refractivity contribution >= 4 is 23.2 Å². The number of ether oxygens (including phenoxy) is 1. The number of hydrogen-bond acceptors (Lipinski definition) is 3. The van der Waals surface area contributed by atoms with Gasteiger partial charge in [-0.1, -0.05) is 29.8 Å². The highest BCUT2D eigenvalue weighted by Gasteiger charge is 2.29. The quantitative estimate of drug-likeness (QED) is 0.390. The van der Waals surface area contributed by atoms with E-state index in [9.17, 15) is 4.79 Å². The first kappa shape index (κ1) is 20.3. The molecule has 5 nitrogen and oxygen atoms in total. The summed E-state index contributed by atoms with van der Waals surface area (Å²) < 4.78 is 7.54. The predicted octanol–water partition coefficient (Wildman–Crippen LogP) is 5.98. The number of amides is 1. The van der Waals surface area contributed by atoms with Crippen LogP contribution in [-0.2, 0) is 6.54 Å². The van der Waals surface area contributed by atoms with Crippen LogP contribution in [0.3, 0.4) is 0 Å². The van der Waals surface area contributed by atoms with Gasteiger partial charge in [0.25, 0.3) is 5.91 Å². The summed E-state index contributed by atoms with van der Waals surface area (Å²) in [7, 11) is 1.63. The third-order valence-corrected chi connectivity index (χ3v) is 6.11. The van der Waals surface area contributed by atoms with Crippen molar-refractivity contribution in [1.82, 2.24) is 9.55 Å². The average molecular weight is 444 g/mol. The molecule has 0 saturated heterocycles. The lowest BCUT2D eigenvalue weighted by Crippen LogP contribution is -2.23. The number of anilines is 1. The van der Waals surface area contributed by atoms with Gasteiger partial charge in [-0.25, -0.2) is 4.98 Å². The van der Waals surface area contributed by atoms with Gasteiger partial charge in [0.1, 0.15) is 5.75 Å². The van der Waals surface area contributed by atoms with Crippen molar-refractivity contribution in [3.8, 4) is 22.6 Å². The Balaban J connectivity index is 1.48. The first-order chi connectivity index (χ1) is 15.4. The second-order valence-electron chi connectivity index (χ2n) is 8.00.